The fourth-order valence-corrected chi connectivity index (χ4v) is 8.33. The number of rotatable bonds is 6. The van der Waals surface area contributed by atoms with E-state index in [1.165, 1.54) is 5.56 Å². The van der Waals surface area contributed by atoms with Gasteiger partial charge < -0.3 is 13.7 Å². The molecular weight excluding hydrogens is 671 g/mol. The van der Waals surface area contributed by atoms with Crippen molar-refractivity contribution < 1.29 is 8.83 Å². The highest BCUT2D eigenvalue weighted by atomic mass is 16.3. The van der Waals surface area contributed by atoms with E-state index in [0.717, 1.165) is 99.5 Å². The van der Waals surface area contributed by atoms with Crippen molar-refractivity contribution >= 4 is 71.7 Å². The Bertz CT molecular complexity index is 3180. The van der Waals surface area contributed by atoms with Gasteiger partial charge in [-0.1, -0.05) is 164 Å². The molecule has 0 amide bonds. The summed E-state index contributed by atoms with van der Waals surface area (Å²) < 4.78 is 13.8. The van der Waals surface area contributed by atoms with Crippen molar-refractivity contribution in [3.63, 3.8) is 0 Å². The summed E-state index contributed by atoms with van der Waals surface area (Å²) >= 11 is 0. The molecular formula is C52H33NO2. The smallest absolute Gasteiger partial charge is 0.159 e. The molecule has 0 unspecified atom stereocenters. The van der Waals surface area contributed by atoms with Crippen LogP contribution in [0.15, 0.2) is 209 Å². The van der Waals surface area contributed by atoms with Crippen LogP contribution >= 0.6 is 0 Å². The Morgan fingerprint density at radius 3 is 1.62 bits per heavy atom. The number of benzene rings is 9. The Hall–Kier alpha value is -7.36. The molecule has 3 nitrogen and oxygen atoms in total. The van der Waals surface area contributed by atoms with Crippen LogP contribution in [0.25, 0.3) is 88.0 Å². The summed E-state index contributed by atoms with van der Waals surface area (Å²) in [4.78, 5) is 2.36. The Kier molecular flexibility index (Phi) is 7.17. The van der Waals surface area contributed by atoms with Crippen molar-refractivity contribution in [1.29, 1.82) is 0 Å². The fraction of sp³-hybridized carbons (Fsp3) is 0. The molecule has 0 fully saturated rings. The predicted molar refractivity (Wildman–Crippen MR) is 229 cm³/mol. The molecule has 2 heterocycles. The van der Waals surface area contributed by atoms with Gasteiger partial charge in [0, 0.05) is 43.6 Å². The second-order valence-corrected chi connectivity index (χ2v) is 14.0. The van der Waals surface area contributed by atoms with Gasteiger partial charge >= 0.3 is 0 Å². The molecule has 0 spiro atoms. The molecule has 0 aliphatic rings. The van der Waals surface area contributed by atoms with Gasteiger partial charge in [0.15, 0.2) is 5.58 Å². The fourth-order valence-electron chi connectivity index (χ4n) is 8.33. The summed E-state index contributed by atoms with van der Waals surface area (Å²) in [5, 5.41) is 6.44. The first-order chi connectivity index (χ1) is 27.3. The summed E-state index contributed by atoms with van der Waals surface area (Å²) in [6.45, 7) is 0. The van der Waals surface area contributed by atoms with Crippen molar-refractivity contribution in [2.24, 2.45) is 0 Å². The number of anilines is 3. The molecule has 258 valence electrons. The Labute approximate surface area is 317 Å². The summed E-state index contributed by atoms with van der Waals surface area (Å²) in [6.07, 6.45) is 0. The molecule has 55 heavy (non-hydrogen) atoms. The summed E-state index contributed by atoms with van der Waals surface area (Å²) in [6, 6.07) is 70.7. The molecule has 11 rings (SSSR count). The van der Waals surface area contributed by atoms with E-state index in [1.807, 2.05) is 12.1 Å². The third kappa shape index (κ3) is 5.05. The lowest BCUT2D eigenvalue weighted by Gasteiger charge is -2.27. The Morgan fingerprint density at radius 1 is 0.309 bits per heavy atom. The molecule has 11 aromatic rings. The van der Waals surface area contributed by atoms with E-state index in [-0.39, 0.29) is 0 Å². The van der Waals surface area contributed by atoms with Crippen LogP contribution in [0.3, 0.4) is 0 Å². The van der Waals surface area contributed by atoms with Crippen molar-refractivity contribution in [2.75, 3.05) is 4.90 Å². The lowest BCUT2D eigenvalue weighted by Crippen LogP contribution is -2.11. The zero-order valence-electron chi connectivity index (χ0n) is 29.8. The maximum absolute atomic E-state index is 7.10. The highest BCUT2D eigenvalue weighted by molar-refractivity contribution is 6.23. The Morgan fingerprint density at radius 2 is 0.873 bits per heavy atom. The summed E-state index contributed by atoms with van der Waals surface area (Å²) in [7, 11) is 0. The lowest BCUT2D eigenvalue weighted by atomic mass is 9.92. The van der Waals surface area contributed by atoms with E-state index in [9.17, 15) is 0 Å². The predicted octanol–water partition coefficient (Wildman–Crippen LogP) is 15.1. The SMILES string of the molecule is c1ccc(-c2ccc(N(c3cc4c5ccc(-c6ccccc6)c(-c6ccccc6)c5oc4c4ccccc34)c3cccc4c3oc3ccccc34)cc2)cc1. The van der Waals surface area contributed by atoms with Crippen LogP contribution in [-0.2, 0) is 0 Å². The third-order valence-electron chi connectivity index (χ3n) is 10.9. The number of fused-ring (bicyclic) bond motifs is 8. The molecule has 0 atom stereocenters. The largest absolute Gasteiger partial charge is 0.455 e. The minimum atomic E-state index is 0.843. The van der Waals surface area contributed by atoms with Crippen LogP contribution in [0.1, 0.15) is 0 Å². The zero-order chi connectivity index (χ0) is 36.3. The van der Waals surface area contributed by atoms with Crippen molar-refractivity contribution in [1.82, 2.24) is 0 Å². The summed E-state index contributed by atoms with van der Waals surface area (Å²) in [5.74, 6) is 0. The van der Waals surface area contributed by atoms with Gasteiger partial charge in [0.1, 0.15) is 16.7 Å². The highest BCUT2D eigenvalue weighted by Gasteiger charge is 2.25. The van der Waals surface area contributed by atoms with E-state index in [1.54, 1.807) is 0 Å². The number of hydrogen-bond acceptors (Lipinski definition) is 3. The van der Waals surface area contributed by atoms with E-state index in [0.29, 0.717) is 0 Å². The van der Waals surface area contributed by atoms with Crippen molar-refractivity contribution in [3.05, 3.63) is 200 Å². The molecule has 0 saturated heterocycles. The van der Waals surface area contributed by atoms with Gasteiger partial charge in [-0.05, 0) is 64.2 Å². The van der Waals surface area contributed by atoms with Gasteiger partial charge in [-0.15, -0.1) is 0 Å². The van der Waals surface area contributed by atoms with E-state index in [4.69, 9.17) is 8.83 Å². The standard InChI is InChI=1S/C52H33NO2/c1-4-15-34(16-5-1)35-27-29-38(30-28-35)53(46-25-14-24-43-41-22-12-13-26-48(41)54-51(43)46)47-33-45-44-32-31-39(36-17-6-2-7-18-36)49(37-19-8-3-9-20-37)52(44)55-50(45)42-23-11-10-21-40(42)47/h1-33H. The first-order valence-corrected chi connectivity index (χ1v) is 18.7. The molecule has 9 aromatic carbocycles. The molecule has 0 radical (unpaired) electrons. The number of hydrogen-bond donors (Lipinski definition) is 0. The second kappa shape index (κ2) is 12.6. The van der Waals surface area contributed by atoms with E-state index in [2.05, 4.69) is 193 Å². The monoisotopic (exact) mass is 703 g/mol. The maximum atomic E-state index is 7.10. The summed E-state index contributed by atoms with van der Waals surface area (Å²) in [5.41, 5.74) is 13.3. The quantitative estimate of drug-likeness (QED) is 0.173. The van der Waals surface area contributed by atoms with Crippen LogP contribution in [-0.4, -0.2) is 0 Å². The first kappa shape index (κ1) is 31.2. The van der Waals surface area contributed by atoms with Gasteiger partial charge in [-0.2, -0.15) is 0 Å². The highest BCUT2D eigenvalue weighted by Crippen LogP contribution is 2.49. The van der Waals surface area contributed by atoms with Crippen LogP contribution in [0.2, 0.25) is 0 Å². The van der Waals surface area contributed by atoms with Crippen LogP contribution < -0.4 is 4.90 Å². The minimum absolute atomic E-state index is 0.843. The molecule has 0 aliphatic carbocycles. The number of nitrogens with zero attached hydrogens (tertiary/aromatic N) is 1. The van der Waals surface area contributed by atoms with Crippen molar-refractivity contribution in [2.45, 2.75) is 0 Å². The first-order valence-electron chi connectivity index (χ1n) is 18.7. The average molecular weight is 704 g/mol. The van der Waals surface area contributed by atoms with Gasteiger partial charge in [0.2, 0.25) is 0 Å². The van der Waals surface area contributed by atoms with Crippen LogP contribution in [0.5, 0.6) is 0 Å². The minimum Gasteiger partial charge on any atom is -0.455 e. The van der Waals surface area contributed by atoms with E-state index < -0.39 is 0 Å². The van der Waals surface area contributed by atoms with Gasteiger partial charge in [0.05, 0.1) is 11.4 Å². The lowest BCUT2D eigenvalue weighted by molar-refractivity contribution is 0.669. The van der Waals surface area contributed by atoms with Crippen molar-refractivity contribution in [3.8, 4) is 33.4 Å². The normalized spacial score (nSPS) is 11.6. The van der Waals surface area contributed by atoms with Crippen LogP contribution in [0, 0.1) is 0 Å². The number of furan rings is 2. The van der Waals surface area contributed by atoms with Gasteiger partial charge in [-0.25, -0.2) is 0 Å². The van der Waals surface area contributed by atoms with Gasteiger partial charge in [0.25, 0.3) is 0 Å². The number of para-hydroxylation sites is 2. The molecule has 0 saturated carbocycles. The molecule has 3 heteroatoms. The molecule has 0 aliphatic heterocycles. The van der Waals surface area contributed by atoms with Gasteiger partial charge in [-0.3, -0.25) is 0 Å². The molecule has 0 bridgehead atoms. The maximum Gasteiger partial charge on any atom is 0.159 e. The second-order valence-electron chi connectivity index (χ2n) is 14.0. The molecule has 2 aromatic heterocycles. The average Bonchev–Trinajstić information content (AvgIpc) is 3.84. The third-order valence-corrected chi connectivity index (χ3v) is 10.9. The topological polar surface area (TPSA) is 29.5 Å². The molecule has 0 N–H and O–H groups in total. The van der Waals surface area contributed by atoms with E-state index >= 15 is 0 Å². The zero-order valence-corrected chi connectivity index (χ0v) is 29.8. The Balaban J connectivity index is 1.22. The van der Waals surface area contributed by atoms with Crippen LogP contribution in [0.4, 0.5) is 17.1 Å².